The highest BCUT2D eigenvalue weighted by molar-refractivity contribution is 7.99. The van der Waals surface area contributed by atoms with Crippen molar-refractivity contribution >= 4 is 38.3 Å². The molecule has 0 unspecified atom stereocenters. The summed E-state index contributed by atoms with van der Waals surface area (Å²) in [4.78, 5) is 1.05. The number of H-pyrrole nitrogens is 1. The Hall–Kier alpha value is -1.41. The first kappa shape index (κ1) is 17.0. The van der Waals surface area contributed by atoms with E-state index in [9.17, 15) is 8.42 Å². The van der Waals surface area contributed by atoms with Crippen molar-refractivity contribution in [3.8, 4) is 5.75 Å². The van der Waals surface area contributed by atoms with Gasteiger partial charge in [0.25, 0.3) is 0 Å². The molecule has 1 aromatic carbocycles. The summed E-state index contributed by atoms with van der Waals surface area (Å²) in [5.74, 6) is 1.20. The topological polar surface area (TPSA) is 98.1 Å². The summed E-state index contributed by atoms with van der Waals surface area (Å²) < 4.78 is 28.0. The molecule has 122 valence electrons. The Bertz CT molecular complexity index is 754. The SMILES string of the molecule is CC(C)Sc1cc(OCCCS(C)(=O)=O)c2[nH]nc(N)c2c1. The van der Waals surface area contributed by atoms with Crippen LogP contribution >= 0.6 is 11.8 Å². The second kappa shape index (κ2) is 6.78. The number of aromatic amines is 1. The highest BCUT2D eigenvalue weighted by atomic mass is 32.2. The van der Waals surface area contributed by atoms with Gasteiger partial charge in [0.2, 0.25) is 0 Å². The summed E-state index contributed by atoms with van der Waals surface area (Å²) in [6.45, 7) is 4.55. The van der Waals surface area contributed by atoms with E-state index in [1.54, 1.807) is 11.8 Å². The Kier molecular flexibility index (Phi) is 5.23. The second-order valence-electron chi connectivity index (χ2n) is 5.45. The van der Waals surface area contributed by atoms with Crippen LogP contribution in [0.4, 0.5) is 5.82 Å². The first-order valence-electron chi connectivity index (χ1n) is 7.01. The molecule has 0 bridgehead atoms. The van der Waals surface area contributed by atoms with E-state index in [1.165, 1.54) is 6.26 Å². The Labute approximate surface area is 134 Å². The molecule has 0 spiro atoms. The van der Waals surface area contributed by atoms with Crippen LogP contribution in [-0.2, 0) is 9.84 Å². The van der Waals surface area contributed by atoms with Crippen molar-refractivity contribution in [2.75, 3.05) is 24.3 Å². The van der Waals surface area contributed by atoms with Crippen molar-refractivity contribution < 1.29 is 13.2 Å². The lowest BCUT2D eigenvalue weighted by atomic mass is 10.2. The molecule has 3 N–H and O–H groups in total. The predicted octanol–water partition coefficient (Wildman–Crippen LogP) is 2.46. The summed E-state index contributed by atoms with van der Waals surface area (Å²) in [6, 6.07) is 3.92. The fraction of sp³-hybridized carbons (Fsp3) is 0.500. The van der Waals surface area contributed by atoms with Gasteiger partial charge in [0.05, 0.1) is 12.4 Å². The van der Waals surface area contributed by atoms with Gasteiger partial charge < -0.3 is 10.5 Å². The average Bonchev–Trinajstić information content (AvgIpc) is 2.75. The van der Waals surface area contributed by atoms with Crippen LogP contribution in [0.25, 0.3) is 10.9 Å². The lowest BCUT2D eigenvalue weighted by Gasteiger charge is -2.10. The number of nitrogens with two attached hydrogens (primary N) is 1. The van der Waals surface area contributed by atoms with E-state index in [4.69, 9.17) is 10.5 Å². The maximum Gasteiger partial charge on any atom is 0.153 e. The minimum absolute atomic E-state index is 0.113. The highest BCUT2D eigenvalue weighted by Crippen LogP contribution is 2.34. The van der Waals surface area contributed by atoms with Crippen molar-refractivity contribution in [3.05, 3.63) is 12.1 Å². The molecule has 6 nitrogen and oxygen atoms in total. The van der Waals surface area contributed by atoms with Gasteiger partial charge in [0.1, 0.15) is 21.1 Å². The molecular weight excluding hydrogens is 322 g/mol. The van der Waals surface area contributed by atoms with Gasteiger partial charge in [-0.25, -0.2) is 8.42 Å². The zero-order valence-corrected chi connectivity index (χ0v) is 14.6. The number of thioether (sulfide) groups is 1. The minimum Gasteiger partial charge on any atom is -0.491 e. The predicted molar refractivity (Wildman–Crippen MR) is 91.3 cm³/mol. The average molecular weight is 343 g/mol. The van der Waals surface area contributed by atoms with Crippen molar-refractivity contribution in [3.63, 3.8) is 0 Å². The smallest absolute Gasteiger partial charge is 0.153 e. The third-order valence-electron chi connectivity index (χ3n) is 2.93. The van der Waals surface area contributed by atoms with Crippen LogP contribution in [0.5, 0.6) is 5.75 Å². The number of fused-ring (bicyclic) bond motifs is 1. The number of rotatable bonds is 7. The molecule has 0 amide bonds. The van der Waals surface area contributed by atoms with E-state index < -0.39 is 9.84 Å². The molecule has 8 heteroatoms. The number of ether oxygens (including phenoxy) is 1. The van der Waals surface area contributed by atoms with Crippen molar-refractivity contribution in [2.24, 2.45) is 0 Å². The maximum atomic E-state index is 11.1. The van der Waals surface area contributed by atoms with Crippen LogP contribution < -0.4 is 10.5 Å². The van der Waals surface area contributed by atoms with Gasteiger partial charge in [0, 0.05) is 21.8 Å². The Morgan fingerprint density at radius 1 is 1.41 bits per heavy atom. The molecule has 0 radical (unpaired) electrons. The summed E-state index contributed by atoms with van der Waals surface area (Å²) in [5.41, 5.74) is 6.61. The van der Waals surface area contributed by atoms with Crippen molar-refractivity contribution in [2.45, 2.75) is 30.4 Å². The number of nitrogens with zero attached hydrogens (tertiary/aromatic N) is 1. The highest BCUT2D eigenvalue weighted by Gasteiger charge is 2.12. The Balaban J connectivity index is 2.19. The fourth-order valence-corrected chi connectivity index (χ4v) is 3.59. The van der Waals surface area contributed by atoms with E-state index >= 15 is 0 Å². The van der Waals surface area contributed by atoms with Crippen LogP contribution in [0.15, 0.2) is 17.0 Å². The van der Waals surface area contributed by atoms with E-state index in [1.807, 2.05) is 12.1 Å². The standard InChI is InChI=1S/C14H21N3O3S2/c1-9(2)21-10-7-11-13(16-17-14(11)15)12(8-10)20-5-4-6-22(3,18)19/h7-9H,4-6H2,1-3H3,(H3,15,16,17). The number of nitrogen functional groups attached to an aromatic ring is 1. The van der Waals surface area contributed by atoms with Crippen molar-refractivity contribution in [1.29, 1.82) is 0 Å². The molecule has 0 saturated heterocycles. The van der Waals surface area contributed by atoms with Gasteiger partial charge in [-0.15, -0.1) is 11.8 Å². The number of sulfone groups is 1. The normalized spacial score (nSPS) is 12.2. The summed E-state index contributed by atoms with van der Waals surface area (Å²) >= 11 is 1.71. The van der Waals surface area contributed by atoms with Crippen molar-refractivity contribution in [1.82, 2.24) is 10.2 Å². The number of nitrogens with one attached hydrogen (secondary N) is 1. The lowest BCUT2D eigenvalue weighted by molar-refractivity contribution is 0.320. The van der Waals surface area contributed by atoms with Gasteiger partial charge in [-0.2, -0.15) is 5.10 Å². The number of hydrogen-bond donors (Lipinski definition) is 2. The summed E-state index contributed by atoms with van der Waals surface area (Å²) in [7, 11) is -2.97. The molecular formula is C14H21N3O3S2. The molecule has 0 fully saturated rings. The molecule has 1 heterocycles. The van der Waals surface area contributed by atoms with Crippen LogP contribution in [0.2, 0.25) is 0 Å². The van der Waals surface area contributed by atoms with Gasteiger partial charge in [-0.05, 0) is 18.6 Å². The van der Waals surface area contributed by atoms with Gasteiger partial charge in [0.15, 0.2) is 5.82 Å². The van der Waals surface area contributed by atoms with Crippen LogP contribution in [-0.4, -0.2) is 42.5 Å². The molecule has 22 heavy (non-hydrogen) atoms. The van der Waals surface area contributed by atoms with E-state index in [0.29, 0.717) is 29.8 Å². The Morgan fingerprint density at radius 2 is 2.14 bits per heavy atom. The first-order valence-corrected chi connectivity index (χ1v) is 9.95. The van der Waals surface area contributed by atoms with E-state index in [-0.39, 0.29) is 5.75 Å². The molecule has 2 rings (SSSR count). The van der Waals surface area contributed by atoms with E-state index in [0.717, 1.165) is 15.8 Å². The number of benzene rings is 1. The molecule has 0 saturated carbocycles. The Morgan fingerprint density at radius 3 is 2.77 bits per heavy atom. The molecule has 2 aromatic rings. The zero-order valence-electron chi connectivity index (χ0n) is 12.9. The fourth-order valence-electron chi connectivity index (χ4n) is 2.04. The molecule has 0 aliphatic heterocycles. The third kappa shape index (κ3) is 4.54. The summed E-state index contributed by atoms with van der Waals surface area (Å²) in [5, 5.41) is 8.14. The first-order chi connectivity index (χ1) is 10.3. The minimum atomic E-state index is -2.97. The van der Waals surface area contributed by atoms with Crippen LogP contribution in [0.3, 0.4) is 0 Å². The van der Waals surface area contributed by atoms with Crippen LogP contribution in [0.1, 0.15) is 20.3 Å². The second-order valence-corrected chi connectivity index (χ2v) is 9.36. The number of anilines is 1. The van der Waals surface area contributed by atoms with Gasteiger partial charge in [-0.3, -0.25) is 5.10 Å². The quantitative estimate of drug-likeness (QED) is 0.592. The van der Waals surface area contributed by atoms with Crippen LogP contribution in [0, 0.1) is 0 Å². The molecule has 0 aliphatic rings. The van der Waals surface area contributed by atoms with Gasteiger partial charge in [-0.1, -0.05) is 13.8 Å². The molecule has 0 atom stereocenters. The van der Waals surface area contributed by atoms with E-state index in [2.05, 4.69) is 24.0 Å². The molecule has 1 aromatic heterocycles. The monoisotopic (exact) mass is 343 g/mol. The van der Waals surface area contributed by atoms with Gasteiger partial charge >= 0.3 is 0 Å². The molecule has 0 aliphatic carbocycles. The third-order valence-corrected chi connectivity index (χ3v) is 4.94. The largest absolute Gasteiger partial charge is 0.491 e. The lowest BCUT2D eigenvalue weighted by Crippen LogP contribution is -2.08. The summed E-state index contributed by atoms with van der Waals surface area (Å²) in [6.07, 6.45) is 1.67. The number of hydrogen-bond acceptors (Lipinski definition) is 6. The zero-order chi connectivity index (χ0) is 16.3. The maximum absolute atomic E-state index is 11.1. The number of aromatic nitrogens is 2.